The summed E-state index contributed by atoms with van der Waals surface area (Å²) < 4.78 is 0. The zero-order chi connectivity index (χ0) is 14.8. The fourth-order valence-electron chi connectivity index (χ4n) is 2.03. The maximum absolute atomic E-state index is 9.30. The largest absolute Gasteiger partial charge is 0.337 e. The Morgan fingerprint density at radius 2 is 1.71 bits per heavy atom. The molecule has 3 rings (SSSR count). The van der Waals surface area contributed by atoms with E-state index >= 15 is 0 Å². The van der Waals surface area contributed by atoms with E-state index in [1.807, 2.05) is 24.3 Å². The molecule has 102 valence electrons. The van der Waals surface area contributed by atoms with Gasteiger partial charge in [0.2, 0.25) is 0 Å². The number of hydrogen-bond acceptors (Lipinski definition) is 3. The first-order valence-corrected chi connectivity index (χ1v) is 6.95. The van der Waals surface area contributed by atoms with E-state index in [0.717, 1.165) is 10.9 Å². The summed E-state index contributed by atoms with van der Waals surface area (Å²) in [4.78, 5) is 4.47. The summed E-state index contributed by atoms with van der Waals surface area (Å²) >= 11 is 12.3. The highest BCUT2D eigenvalue weighted by atomic mass is 35.5. The quantitative estimate of drug-likeness (QED) is 0.711. The lowest BCUT2D eigenvalue weighted by Crippen LogP contribution is -1.99. The molecule has 0 aliphatic rings. The van der Waals surface area contributed by atoms with Crippen molar-refractivity contribution in [3.63, 3.8) is 0 Å². The SMILES string of the molecule is N#Cc1cc2ccccc2nc1Nc1c(Cl)cccc1Cl. The van der Waals surface area contributed by atoms with Crippen molar-refractivity contribution in [2.45, 2.75) is 0 Å². The van der Waals surface area contributed by atoms with E-state index in [0.29, 0.717) is 27.1 Å². The number of aromatic nitrogens is 1. The second-order valence-electron chi connectivity index (χ2n) is 4.41. The Bertz CT molecular complexity index is 849. The van der Waals surface area contributed by atoms with Gasteiger partial charge in [-0.25, -0.2) is 4.98 Å². The number of para-hydroxylation sites is 2. The molecule has 0 fully saturated rings. The van der Waals surface area contributed by atoms with E-state index in [1.54, 1.807) is 24.3 Å². The van der Waals surface area contributed by atoms with Gasteiger partial charge in [0.1, 0.15) is 11.9 Å². The third-order valence-electron chi connectivity index (χ3n) is 3.05. The van der Waals surface area contributed by atoms with E-state index in [4.69, 9.17) is 23.2 Å². The van der Waals surface area contributed by atoms with Gasteiger partial charge in [0, 0.05) is 5.39 Å². The molecule has 0 amide bonds. The first-order chi connectivity index (χ1) is 10.2. The van der Waals surface area contributed by atoms with Gasteiger partial charge in [-0.3, -0.25) is 0 Å². The third kappa shape index (κ3) is 2.64. The van der Waals surface area contributed by atoms with E-state index in [9.17, 15) is 5.26 Å². The Morgan fingerprint density at radius 1 is 1.00 bits per heavy atom. The molecule has 3 aromatic rings. The van der Waals surface area contributed by atoms with Crippen LogP contribution in [0.15, 0.2) is 48.5 Å². The van der Waals surface area contributed by atoms with Crippen molar-refractivity contribution in [1.82, 2.24) is 4.98 Å². The molecule has 3 nitrogen and oxygen atoms in total. The molecule has 21 heavy (non-hydrogen) atoms. The van der Waals surface area contributed by atoms with Gasteiger partial charge in [-0.1, -0.05) is 47.5 Å². The lowest BCUT2D eigenvalue weighted by Gasteiger charge is -2.11. The number of nitrogens with zero attached hydrogens (tertiary/aromatic N) is 2. The van der Waals surface area contributed by atoms with Crippen molar-refractivity contribution in [1.29, 1.82) is 5.26 Å². The van der Waals surface area contributed by atoms with Crippen LogP contribution in [-0.4, -0.2) is 4.98 Å². The van der Waals surface area contributed by atoms with Gasteiger partial charge in [0.15, 0.2) is 0 Å². The molecule has 1 N–H and O–H groups in total. The molecule has 1 heterocycles. The van der Waals surface area contributed by atoms with Crippen LogP contribution in [0.1, 0.15) is 5.56 Å². The van der Waals surface area contributed by atoms with Crippen molar-refractivity contribution in [2.24, 2.45) is 0 Å². The van der Waals surface area contributed by atoms with Crippen LogP contribution in [0, 0.1) is 11.3 Å². The topological polar surface area (TPSA) is 48.7 Å². The van der Waals surface area contributed by atoms with Crippen LogP contribution in [0.4, 0.5) is 11.5 Å². The summed E-state index contributed by atoms with van der Waals surface area (Å²) in [5.74, 6) is 0.436. The molecule has 2 aromatic carbocycles. The summed E-state index contributed by atoms with van der Waals surface area (Å²) in [6.45, 7) is 0. The molecule has 0 saturated carbocycles. The summed E-state index contributed by atoms with van der Waals surface area (Å²) in [7, 11) is 0. The second kappa shape index (κ2) is 5.61. The minimum absolute atomic E-state index is 0.435. The number of rotatable bonds is 2. The van der Waals surface area contributed by atoms with Crippen molar-refractivity contribution < 1.29 is 0 Å². The molecule has 0 aliphatic carbocycles. The zero-order valence-corrected chi connectivity index (χ0v) is 12.3. The number of benzene rings is 2. The van der Waals surface area contributed by atoms with Gasteiger partial charge in [-0.05, 0) is 24.3 Å². The summed E-state index contributed by atoms with van der Waals surface area (Å²) in [6.07, 6.45) is 0. The highest BCUT2D eigenvalue weighted by molar-refractivity contribution is 6.39. The fourth-order valence-corrected chi connectivity index (χ4v) is 2.52. The molecule has 0 aliphatic heterocycles. The van der Waals surface area contributed by atoms with E-state index in [1.165, 1.54) is 0 Å². The molecule has 0 saturated heterocycles. The third-order valence-corrected chi connectivity index (χ3v) is 3.68. The summed E-state index contributed by atoms with van der Waals surface area (Å²) in [6, 6.07) is 16.7. The number of nitriles is 1. The Hall–Kier alpha value is -2.28. The summed E-state index contributed by atoms with van der Waals surface area (Å²) in [5, 5.41) is 14.2. The predicted octanol–water partition coefficient (Wildman–Crippen LogP) is 5.16. The van der Waals surface area contributed by atoms with Crippen molar-refractivity contribution in [2.75, 3.05) is 5.32 Å². The maximum atomic E-state index is 9.30. The number of hydrogen-bond donors (Lipinski definition) is 1. The monoisotopic (exact) mass is 313 g/mol. The van der Waals surface area contributed by atoms with Gasteiger partial charge in [-0.2, -0.15) is 5.26 Å². The Kier molecular flexibility index (Phi) is 3.66. The lowest BCUT2D eigenvalue weighted by atomic mass is 10.1. The lowest BCUT2D eigenvalue weighted by molar-refractivity contribution is 1.34. The zero-order valence-electron chi connectivity index (χ0n) is 10.8. The van der Waals surface area contributed by atoms with Crippen LogP contribution in [0.25, 0.3) is 10.9 Å². The van der Waals surface area contributed by atoms with Crippen LogP contribution >= 0.6 is 23.2 Å². The van der Waals surface area contributed by atoms with Crippen molar-refractivity contribution in [3.05, 3.63) is 64.1 Å². The Balaban J connectivity index is 2.14. The number of nitrogens with one attached hydrogen (secondary N) is 1. The average Bonchev–Trinajstić information content (AvgIpc) is 2.50. The average molecular weight is 314 g/mol. The van der Waals surface area contributed by atoms with Gasteiger partial charge in [0.05, 0.1) is 26.8 Å². The second-order valence-corrected chi connectivity index (χ2v) is 5.23. The molecule has 0 unspecified atom stereocenters. The van der Waals surface area contributed by atoms with Gasteiger partial charge in [0.25, 0.3) is 0 Å². The molecule has 1 aromatic heterocycles. The number of pyridine rings is 1. The van der Waals surface area contributed by atoms with Gasteiger partial charge in [-0.15, -0.1) is 0 Å². The number of fused-ring (bicyclic) bond motifs is 1. The van der Waals surface area contributed by atoms with Crippen LogP contribution < -0.4 is 5.32 Å². The van der Waals surface area contributed by atoms with Crippen molar-refractivity contribution in [3.8, 4) is 6.07 Å². The van der Waals surface area contributed by atoms with Crippen LogP contribution in [0.2, 0.25) is 10.0 Å². The normalized spacial score (nSPS) is 10.3. The molecular weight excluding hydrogens is 305 g/mol. The summed E-state index contributed by atoms with van der Waals surface area (Å²) in [5.41, 5.74) is 1.77. The number of halogens is 2. The minimum atomic E-state index is 0.435. The first kappa shape index (κ1) is 13.7. The van der Waals surface area contributed by atoms with Gasteiger partial charge < -0.3 is 5.32 Å². The van der Waals surface area contributed by atoms with Crippen LogP contribution in [0.5, 0.6) is 0 Å². The molecule has 0 spiro atoms. The number of anilines is 2. The van der Waals surface area contributed by atoms with Crippen LogP contribution in [-0.2, 0) is 0 Å². The van der Waals surface area contributed by atoms with E-state index in [2.05, 4.69) is 16.4 Å². The smallest absolute Gasteiger partial charge is 0.149 e. The molecular formula is C16H9Cl2N3. The van der Waals surface area contributed by atoms with E-state index < -0.39 is 0 Å². The molecule has 0 atom stereocenters. The highest BCUT2D eigenvalue weighted by Crippen LogP contribution is 2.33. The Labute approximate surface area is 131 Å². The first-order valence-electron chi connectivity index (χ1n) is 6.20. The van der Waals surface area contributed by atoms with Gasteiger partial charge >= 0.3 is 0 Å². The van der Waals surface area contributed by atoms with Crippen molar-refractivity contribution >= 4 is 45.6 Å². The molecule has 0 bridgehead atoms. The standard InChI is InChI=1S/C16H9Cl2N3/c17-12-5-3-6-13(18)15(12)21-16-11(9-19)8-10-4-1-2-7-14(10)20-16/h1-8H,(H,20,21). The molecule has 5 heteroatoms. The minimum Gasteiger partial charge on any atom is -0.337 e. The Morgan fingerprint density at radius 3 is 2.43 bits per heavy atom. The highest BCUT2D eigenvalue weighted by Gasteiger charge is 2.11. The van der Waals surface area contributed by atoms with E-state index in [-0.39, 0.29) is 0 Å². The van der Waals surface area contributed by atoms with Crippen LogP contribution in [0.3, 0.4) is 0 Å². The molecule has 0 radical (unpaired) electrons. The predicted molar refractivity (Wildman–Crippen MR) is 86.2 cm³/mol. The fraction of sp³-hybridized carbons (Fsp3) is 0. The maximum Gasteiger partial charge on any atom is 0.149 e.